The van der Waals surface area contributed by atoms with Crippen molar-refractivity contribution in [2.24, 2.45) is 23.7 Å². The van der Waals surface area contributed by atoms with Crippen LogP contribution in [0.25, 0.3) is 0 Å². The molecule has 7 heteroatoms. The van der Waals surface area contributed by atoms with Crippen LogP contribution in [0, 0.1) is 23.7 Å². The molecular formula is C14H19NO5S. The second-order valence-corrected chi connectivity index (χ2v) is 8.91. The highest BCUT2D eigenvalue weighted by atomic mass is 32.2. The van der Waals surface area contributed by atoms with Gasteiger partial charge in [0.05, 0.1) is 28.9 Å². The van der Waals surface area contributed by atoms with Crippen molar-refractivity contribution in [3.8, 4) is 0 Å². The van der Waals surface area contributed by atoms with Crippen LogP contribution < -0.4 is 5.32 Å². The van der Waals surface area contributed by atoms with Crippen LogP contribution in [0.5, 0.6) is 0 Å². The number of hydrogen-bond donors (Lipinski definition) is 2. The molecule has 1 heterocycles. The summed E-state index contributed by atoms with van der Waals surface area (Å²) in [6.45, 7) is 1.72. The van der Waals surface area contributed by atoms with Crippen LogP contribution in [-0.4, -0.2) is 42.4 Å². The lowest BCUT2D eigenvalue weighted by Crippen LogP contribution is -2.51. The molecule has 116 valence electrons. The molecule has 0 aromatic rings. The van der Waals surface area contributed by atoms with Gasteiger partial charge in [-0.05, 0) is 31.6 Å². The molecule has 0 radical (unpaired) electrons. The minimum Gasteiger partial charge on any atom is -0.481 e. The molecule has 1 saturated carbocycles. The van der Waals surface area contributed by atoms with Gasteiger partial charge in [0.15, 0.2) is 9.84 Å². The van der Waals surface area contributed by atoms with Crippen molar-refractivity contribution >= 4 is 21.7 Å². The molecule has 3 rings (SSSR count). The van der Waals surface area contributed by atoms with Crippen LogP contribution in [-0.2, 0) is 19.4 Å². The smallest absolute Gasteiger partial charge is 0.307 e. The van der Waals surface area contributed by atoms with Gasteiger partial charge in [0.1, 0.15) is 0 Å². The molecule has 2 fully saturated rings. The van der Waals surface area contributed by atoms with Gasteiger partial charge in [-0.1, -0.05) is 12.2 Å². The van der Waals surface area contributed by atoms with Crippen molar-refractivity contribution in [1.29, 1.82) is 0 Å². The van der Waals surface area contributed by atoms with Gasteiger partial charge in [-0.25, -0.2) is 8.42 Å². The number of carboxylic acid groups (broad SMARTS) is 1. The third-order valence-corrected chi connectivity index (χ3v) is 6.88. The molecule has 3 aliphatic rings. The second kappa shape index (κ2) is 4.56. The molecule has 1 aliphatic heterocycles. The van der Waals surface area contributed by atoms with Gasteiger partial charge < -0.3 is 10.4 Å². The number of carbonyl (C=O) groups excluding carboxylic acids is 1. The Morgan fingerprint density at radius 1 is 1.24 bits per heavy atom. The van der Waals surface area contributed by atoms with Gasteiger partial charge in [-0.3, -0.25) is 9.59 Å². The molecule has 6 nitrogen and oxygen atoms in total. The van der Waals surface area contributed by atoms with Crippen molar-refractivity contribution in [1.82, 2.24) is 5.32 Å². The molecule has 5 atom stereocenters. The summed E-state index contributed by atoms with van der Waals surface area (Å²) >= 11 is 0. The molecule has 0 aromatic heterocycles. The lowest BCUT2D eigenvalue weighted by atomic mass is 9.82. The Balaban J connectivity index is 1.77. The average Bonchev–Trinajstić information content (AvgIpc) is 3.01. The van der Waals surface area contributed by atoms with Crippen LogP contribution in [0.3, 0.4) is 0 Å². The number of aliphatic carboxylic acids is 1. The Kier molecular flexibility index (Phi) is 3.16. The molecule has 2 aliphatic carbocycles. The lowest BCUT2D eigenvalue weighted by molar-refractivity contribution is -0.148. The van der Waals surface area contributed by atoms with Crippen LogP contribution in [0.1, 0.15) is 19.8 Å². The van der Waals surface area contributed by atoms with Crippen LogP contribution in [0.4, 0.5) is 0 Å². The second-order valence-electron chi connectivity index (χ2n) is 6.73. The number of carbonyl (C=O) groups is 2. The monoisotopic (exact) mass is 313 g/mol. The molecule has 0 aromatic carbocycles. The Hall–Kier alpha value is -1.37. The largest absolute Gasteiger partial charge is 0.481 e. The Labute approximate surface area is 123 Å². The van der Waals surface area contributed by atoms with Crippen LogP contribution in [0.2, 0.25) is 0 Å². The van der Waals surface area contributed by atoms with Gasteiger partial charge in [0.2, 0.25) is 5.91 Å². The molecule has 2 bridgehead atoms. The van der Waals surface area contributed by atoms with Gasteiger partial charge in [0, 0.05) is 0 Å². The summed E-state index contributed by atoms with van der Waals surface area (Å²) in [5.74, 6) is -2.67. The average molecular weight is 313 g/mol. The van der Waals surface area contributed by atoms with E-state index in [1.165, 1.54) is 0 Å². The summed E-state index contributed by atoms with van der Waals surface area (Å²) in [5, 5.41) is 12.2. The standard InChI is InChI=1S/C14H19NO5S/c1-14(4-5-21(19,20)7-14)15-12(16)10-8-2-3-9(6-8)11(10)13(17)18/h2-3,8-11H,4-7H2,1H3,(H,15,16)(H,17,18)/t8-,9-,10+,11+,14-/m0/s1. The highest BCUT2D eigenvalue weighted by molar-refractivity contribution is 7.91. The summed E-state index contributed by atoms with van der Waals surface area (Å²) in [7, 11) is -3.11. The predicted octanol–water partition coefficient (Wildman–Crippen LogP) is 0.203. The number of allylic oxidation sites excluding steroid dienone is 2. The Morgan fingerprint density at radius 3 is 2.38 bits per heavy atom. The summed E-state index contributed by atoms with van der Waals surface area (Å²) in [4.78, 5) is 23.9. The number of hydrogen-bond acceptors (Lipinski definition) is 4. The molecular weight excluding hydrogens is 294 g/mol. The van der Waals surface area contributed by atoms with Crippen molar-refractivity contribution < 1.29 is 23.1 Å². The quantitative estimate of drug-likeness (QED) is 0.725. The third kappa shape index (κ3) is 2.47. The zero-order chi connectivity index (χ0) is 15.4. The van der Waals surface area contributed by atoms with E-state index < -0.39 is 33.2 Å². The maximum atomic E-state index is 12.5. The van der Waals surface area contributed by atoms with Gasteiger partial charge in [-0.2, -0.15) is 0 Å². The van der Waals surface area contributed by atoms with Crippen molar-refractivity contribution in [3.63, 3.8) is 0 Å². The van der Waals surface area contributed by atoms with E-state index in [0.717, 1.165) is 0 Å². The Morgan fingerprint density at radius 2 is 1.86 bits per heavy atom. The van der Waals surface area contributed by atoms with E-state index >= 15 is 0 Å². The minimum atomic E-state index is -3.11. The summed E-state index contributed by atoms with van der Waals surface area (Å²) in [6.07, 6.45) is 4.89. The minimum absolute atomic E-state index is 0.0438. The Bertz CT molecular complexity index is 625. The molecule has 21 heavy (non-hydrogen) atoms. The van der Waals surface area contributed by atoms with Gasteiger partial charge >= 0.3 is 5.97 Å². The number of sulfone groups is 1. The van der Waals surface area contributed by atoms with E-state index in [4.69, 9.17) is 0 Å². The first-order valence-corrected chi connectivity index (χ1v) is 8.96. The normalized spacial score (nSPS) is 43.1. The number of amides is 1. The fraction of sp³-hybridized carbons (Fsp3) is 0.714. The predicted molar refractivity (Wildman–Crippen MR) is 75.2 cm³/mol. The van der Waals surface area contributed by atoms with Crippen molar-refractivity contribution in [2.45, 2.75) is 25.3 Å². The molecule has 0 unspecified atom stereocenters. The fourth-order valence-corrected chi connectivity index (χ4v) is 6.10. The van der Waals surface area contributed by atoms with Crippen molar-refractivity contribution in [2.75, 3.05) is 11.5 Å². The first kappa shape index (κ1) is 14.6. The summed E-state index contributed by atoms with van der Waals surface area (Å²) in [5.41, 5.74) is -0.773. The number of carboxylic acids is 1. The molecule has 1 saturated heterocycles. The summed E-state index contributed by atoms with van der Waals surface area (Å²) in [6, 6.07) is 0. The topological polar surface area (TPSA) is 101 Å². The van der Waals surface area contributed by atoms with E-state index in [2.05, 4.69) is 5.32 Å². The molecule has 0 spiro atoms. The van der Waals surface area contributed by atoms with Crippen molar-refractivity contribution in [3.05, 3.63) is 12.2 Å². The number of rotatable bonds is 3. The lowest BCUT2D eigenvalue weighted by Gasteiger charge is -2.30. The SMILES string of the molecule is C[C@]1(NC(=O)[C@H]2[C@H](C(=O)O)[C@H]3C=C[C@H]2C3)CCS(=O)(=O)C1. The molecule has 1 amide bonds. The van der Waals surface area contributed by atoms with E-state index in [1.807, 2.05) is 12.2 Å². The zero-order valence-electron chi connectivity index (χ0n) is 11.8. The fourth-order valence-electron chi connectivity index (χ4n) is 4.01. The van der Waals surface area contributed by atoms with Gasteiger partial charge in [-0.15, -0.1) is 0 Å². The van der Waals surface area contributed by atoms with E-state index in [0.29, 0.717) is 12.8 Å². The number of nitrogens with one attached hydrogen (secondary N) is 1. The third-order valence-electron chi connectivity index (χ3n) is 4.98. The highest BCUT2D eigenvalue weighted by Gasteiger charge is 2.53. The maximum Gasteiger partial charge on any atom is 0.307 e. The van der Waals surface area contributed by atoms with Crippen LogP contribution >= 0.6 is 0 Å². The number of fused-ring (bicyclic) bond motifs is 2. The van der Waals surface area contributed by atoms with E-state index in [9.17, 15) is 23.1 Å². The van der Waals surface area contributed by atoms with E-state index in [1.54, 1.807) is 6.92 Å². The first-order chi connectivity index (χ1) is 9.71. The maximum absolute atomic E-state index is 12.5. The summed E-state index contributed by atoms with van der Waals surface area (Å²) < 4.78 is 23.2. The van der Waals surface area contributed by atoms with Crippen LogP contribution in [0.15, 0.2) is 12.2 Å². The van der Waals surface area contributed by atoms with E-state index in [-0.39, 0.29) is 29.2 Å². The highest BCUT2D eigenvalue weighted by Crippen LogP contribution is 2.48. The molecule has 2 N–H and O–H groups in total. The first-order valence-electron chi connectivity index (χ1n) is 7.14. The van der Waals surface area contributed by atoms with Gasteiger partial charge in [0.25, 0.3) is 0 Å². The zero-order valence-corrected chi connectivity index (χ0v) is 12.6.